The summed E-state index contributed by atoms with van der Waals surface area (Å²) >= 11 is 1.22. The molecular formula is C26H22N4O3S. The van der Waals surface area contributed by atoms with E-state index in [-0.39, 0.29) is 11.5 Å². The Morgan fingerprint density at radius 2 is 1.68 bits per heavy atom. The molecule has 3 aromatic carbocycles. The fourth-order valence-corrected chi connectivity index (χ4v) is 4.21. The van der Waals surface area contributed by atoms with Gasteiger partial charge in [0.2, 0.25) is 5.89 Å². The van der Waals surface area contributed by atoms with E-state index in [2.05, 4.69) is 41.2 Å². The van der Waals surface area contributed by atoms with Crippen molar-refractivity contribution in [3.05, 3.63) is 77.4 Å². The van der Waals surface area contributed by atoms with Gasteiger partial charge in [0.1, 0.15) is 11.6 Å². The number of aromatic amines is 1. The number of ether oxygens (including phenoxy) is 1. The molecule has 0 bridgehead atoms. The molecule has 2 heterocycles. The van der Waals surface area contributed by atoms with Gasteiger partial charge in [0.05, 0.1) is 23.9 Å². The number of rotatable bonds is 7. The Morgan fingerprint density at radius 3 is 2.41 bits per heavy atom. The van der Waals surface area contributed by atoms with Crippen LogP contribution in [0.15, 0.2) is 70.3 Å². The number of aromatic nitrogens is 4. The minimum Gasteiger partial charge on any atom is -0.497 e. The van der Waals surface area contributed by atoms with Gasteiger partial charge >= 0.3 is 0 Å². The van der Waals surface area contributed by atoms with Crippen molar-refractivity contribution < 1.29 is 13.9 Å². The van der Waals surface area contributed by atoms with E-state index >= 15 is 0 Å². The Bertz CT molecular complexity index is 1430. The van der Waals surface area contributed by atoms with E-state index in [9.17, 15) is 4.79 Å². The Hall–Kier alpha value is -3.91. The van der Waals surface area contributed by atoms with E-state index in [1.165, 1.54) is 22.9 Å². The van der Waals surface area contributed by atoms with Gasteiger partial charge in [-0.25, -0.2) is 4.98 Å². The number of nitrogens with one attached hydrogen (secondary N) is 1. The maximum atomic E-state index is 12.4. The summed E-state index contributed by atoms with van der Waals surface area (Å²) in [5.41, 5.74) is 6.79. The number of carbonyl (C=O) groups excluding carboxylic acids is 1. The molecule has 8 heteroatoms. The molecule has 5 rings (SSSR count). The minimum absolute atomic E-state index is 0.0204. The molecule has 0 atom stereocenters. The second-order valence-electron chi connectivity index (χ2n) is 7.93. The number of aryl methyl sites for hydroxylation is 2. The molecule has 7 nitrogen and oxygen atoms in total. The predicted molar refractivity (Wildman–Crippen MR) is 132 cm³/mol. The van der Waals surface area contributed by atoms with Gasteiger partial charge in [0.25, 0.3) is 5.22 Å². The second kappa shape index (κ2) is 9.15. The first kappa shape index (κ1) is 21.9. The summed E-state index contributed by atoms with van der Waals surface area (Å²) in [4.78, 5) is 20.5. The van der Waals surface area contributed by atoms with Crippen molar-refractivity contribution in [3.8, 4) is 28.6 Å². The van der Waals surface area contributed by atoms with Gasteiger partial charge < -0.3 is 14.1 Å². The largest absolute Gasteiger partial charge is 0.497 e. The highest BCUT2D eigenvalue weighted by molar-refractivity contribution is 7.99. The lowest BCUT2D eigenvalue weighted by Gasteiger charge is -2.01. The van der Waals surface area contributed by atoms with Crippen molar-refractivity contribution in [1.29, 1.82) is 0 Å². The van der Waals surface area contributed by atoms with Gasteiger partial charge in [-0.1, -0.05) is 23.9 Å². The number of hydrogen-bond donors (Lipinski definition) is 1. The SMILES string of the molecule is COc1ccc(C(=O)CSc2nnc(-c3ccc(-c4nc5cc(C)c(C)cc5[nH]4)cc3)o2)cc1. The van der Waals surface area contributed by atoms with Crippen LogP contribution < -0.4 is 4.74 Å². The molecule has 0 saturated carbocycles. The molecule has 5 aromatic rings. The Kier molecular flexibility index (Phi) is 5.90. The molecule has 1 N–H and O–H groups in total. The van der Waals surface area contributed by atoms with Crippen LogP contribution in [0.2, 0.25) is 0 Å². The molecule has 34 heavy (non-hydrogen) atoms. The van der Waals surface area contributed by atoms with Crippen molar-refractivity contribution in [2.24, 2.45) is 0 Å². The number of hydrogen-bond acceptors (Lipinski definition) is 7. The van der Waals surface area contributed by atoms with E-state index in [1.807, 2.05) is 24.3 Å². The maximum Gasteiger partial charge on any atom is 0.277 e. The van der Waals surface area contributed by atoms with E-state index < -0.39 is 0 Å². The fraction of sp³-hybridized carbons (Fsp3) is 0.154. The van der Waals surface area contributed by atoms with Crippen molar-refractivity contribution in [2.45, 2.75) is 19.1 Å². The van der Waals surface area contributed by atoms with Crippen LogP contribution in [0.3, 0.4) is 0 Å². The zero-order valence-electron chi connectivity index (χ0n) is 19.0. The normalized spacial score (nSPS) is 11.1. The third kappa shape index (κ3) is 4.45. The summed E-state index contributed by atoms with van der Waals surface area (Å²) in [5, 5.41) is 8.55. The van der Waals surface area contributed by atoms with Crippen LogP contribution >= 0.6 is 11.8 Å². The second-order valence-corrected chi connectivity index (χ2v) is 8.86. The number of methoxy groups -OCH3 is 1. The summed E-state index contributed by atoms with van der Waals surface area (Å²) in [5.74, 6) is 2.11. The molecule has 0 aliphatic carbocycles. The smallest absolute Gasteiger partial charge is 0.277 e. The molecule has 2 aromatic heterocycles. The van der Waals surface area contributed by atoms with Gasteiger partial charge in [-0.3, -0.25) is 4.79 Å². The molecule has 0 saturated heterocycles. The predicted octanol–water partition coefficient (Wildman–Crippen LogP) is 5.88. The van der Waals surface area contributed by atoms with Crippen molar-refractivity contribution in [3.63, 3.8) is 0 Å². The molecule has 170 valence electrons. The first-order valence-corrected chi connectivity index (χ1v) is 11.7. The minimum atomic E-state index is -0.0204. The van der Waals surface area contributed by atoms with Gasteiger partial charge in [-0.15, -0.1) is 10.2 Å². The zero-order chi connectivity index (χ0) is 23.7. The zero-order valence-corrected chi connectivity index (χ0v) is 19.8. The maximum absolute atomic E-state index is 12.4. The topological polar surface area (TPSA) is 93.9 Å². The van der Waals surface area contributed by atoms with E-state index in [4.69, 9.17) is 14.1 Å². The number of nitrogens with zero attached hydrogens (tertiary/aromatic N) is 3. The van der Waals surface area contributed by atoms with E-state index in [0.717, 1.165) is 28.0 Å². The number of fused-ring (bicyclic) bond motifs is 1. The third-order valence-corrected chi connectivity index (χ3v) is 6.47. The van der Waals surface area contributed by atoms with E-state index in [1.54, 1.807) is 31.4 Å². The number of Topliss-reactive ketones (excluding diaryl/α,β-unsaturated/α-hetero) is 1. The molecule has 0 aliphatic heterocycles. The Balaban J connectivity index is 1.26. The first-order chi connectivity index (χ1) is 16.5. The van der Waals surface area contributed by atoms with E-state index in [0.29, 0.717) is 22.4 Å². The molecule has 0 fully saturated rings. The van der Waals surface area contributed by atoms with Crippen molar-refractivity contribution in [2.75, 3.05) is 12.9 Å². The summed E-state index contributed by atoms with van der Waals surface area (Å²) in [6.07, 6.45) is 0. The van der Waals surface area contributed by atoms with Crippen molar-refractivity contribution in [1.82, 2.24) is 20.2 Å². The van der Waals surface area contributed by atoms with Gasteiger partial charge in [-0.05, 0) is 73.5 Å². The van der Waals surface area contributed by atoms with Crippen LogP contribution in [-0.4, -0.2) is 38.8 Å². The monoisotopic (exact) mass is 470 g/mol. The van der Waals surface area contributed by atoms with Crippen LogP contribution in [0.25, 0.3) is 33.9 Å². The number of benzene rings is 3. The van der Waals surface area contributed by atoms with Crippen LogP contribution in [0.5, 0.6) is 5.75 Å². The number of imidazole rings is 1. The highest BCUT2D eigenvalue weighted by atomic mass is 32.2. The quantitative estimate of drug-likeness (QED) is 0.234. The number of carbonyl (C=O) groups is 1. The first-order valence-electron chi connectivity index (χ1n) is 10.7. The molecule has 0 radical (unpaired) electrons. The number of H-pyrrole nitrogens is 1. The molecule has 0 spiro atoms. The fourth-order valence-electron chi connectivity index (χ4n) is 3.55. The summed E-state index contributed by atoms with van der Waals surface area (Å²) in [7, 11) is 1.59. The Labute approximate surface area is 200 Å². The van der Waals surface area contributed by atoms with Crippen LogP contribution in [-0.2, 0) is 0 Å². The number of ketones is 1. The van der Waals surface area contributed by atoms with Crippen LogP contribution in [0.1, 0.15) is 21.5 Å². The highest BCUT2D eigenvalue weighted by Crippen LogP contribution is 2.27. The van der Waals surface area contributed by atoms with Gasteiger partial charge in [0.15, 0.2) is 5.78 Å². The van der Waals surface area contributed by atoms with Gasteiger partial charge in [0, 0.05) is 16.7 Å². The lowest BCUT2D eigenvalue weighted by molar-refractivity contribution is 0.102. The van der Waals surface area contributed by atoms with Crippen LogP contribution in [0.4, 0.5) is 0 Å². The molecule has 0 amide bonds. The summed E-state index contributed by atoms with van der Waals surface area (Å²) in [6.45, 7) is 4.18. The van der Waals surface area contributed by atoms with Crippen molar-refractivity contribution >= 4 is 28.6 Å². The van der Waals surface area contributed by atoms with Crippen LogP contribution in [0, 0.1) is 13.8 Å². The molecule has 0 unspecified atom stereocenters. The Morgan fingerprint density at radius 1 is 0.971 bits per heavy atom. The third-order valence-electron chi connectivity index (χ3n) is 5.65. The van der Waals surface area contributed by atoms with Gasteiger partial charge in [-0.2, -0.15) is 0 Å². The average molecular weight is 471 g/mol. The number of thioether (sulfide) groups is 1. The summed E-state index contributed by atoms with van der Waals surface area (Å²) < 4.78 is 10.9. The molecule has 0 aliphatic rings. The lowest BCUT2D eigenvalue weighted by atomic mass is 10.1. The average Bonchev–Trinajstić information content (AvgIpc) is 3.50. The lowest BCUT2D eigenvalue weighted by Crippen LogP contribution is -2.02. The highest BCUT2D eigenvalue weighted by Gasteiger charge is 2.14. The standard InChI is InChI=1S/C26H22N4O3S/c1-15-12-21-22(13-16(15)2)28-24(27-21)18-4-6-19(7-5-18)25-29-30-26(33-25)34-14-23(31)17-8-10-20(32-3)11-9-17/h4-13H,14H2,1-3H3,(H,27,28). The molecular weight excluding hydrogens is 448 g/mol. The summed E-state index contributed by atoms with van der Waals surface area (Å²) in [6, 6.07) is 19.0.